The molecule has 0 atom stereocenters. The molecule has 2 aliphatic heterocycles. The van der Waals surface area contributed by atoms with Crippen LogP contribution in [0, 0.1) is 11.8 Å². The normalized spacial score (nSPS) is 22.7. The van der Waals surface area contributed by atoms with Crippen molar-refractivity contribution >= 4 is 5.91 Å². The Labute approximate surface area is 130 Å². The smallest absolute Gasteiger partial charge is 0.236 e. The molecule has 2 rings (SSSR count). The maximum Gasteiger partial charge on any atom is 0.236 e. The van der Waals surface area contributed by atoms with E-state index >= 15 is 0 Å². The number of carbonyl (C=O) groups excluding carboxylic acids is 1. The van der Waals surface area contributed by atoms with E-state index in [-0.39, 0.29) is 0 Å². The van der Waals surface area contributed by atoms with E-state index in [2.05, 4.69) is 29.1 Å². The fourth-order valence-corrected chi connectivity index (χ4v) is 3.73. The van der Waals surface area contributed by atoms with Crippen LogP contribution in [0.15, 0.2) is 0 Å². The zero-order chi connectivity index (χ0) is 15.1. The quantitative estimate of drug-likeness (QED) is 0.761. The molecule has 0 aromatic rings. The van der Waals surface area contributed by atoms with Gasteiger partial charge in [-0.2, -0.15) is 0 Å². The molecule has 0 unspecified atom stereocenters. The predicted molar refractivity (Wildman–Crippen MR) is 87.3 cm³/mol. The zero-order valence-corrected chi connectivity index (χ0v) is 13.9. The molecule has 0 aliphatic carbocycles. The molecule has 2 fully saturated rings. The van der Waals surface area contributed by atoms with Crippen LogP contribution in [0.25, 0.3) is 0 Å². The summed E-state index contributed by atoms with van der Waals surface area (Å²) in [6, 6.07) is 0. The Balaban J connectivity index is 1.64. The lowest BCUT2D eigenvalue weighted by Gasteiger charge is -2.39. The van der Waals surface area contributed by atoms with Crippen LogP contribution in [0.3, 0.4) is 0 Å². The van der Waals surface area contributed by atoms with Gasteiger partial charge in [0.2, 0.25) is 5.91 Å². The topological polar surface area (TPSA) is 35.6 Å². The lowest BCUT2D eigenvalue weighted by atomic mass is 9.79. The fourth-order valence-electron chi connectivity index (χ4n) is 3.73. The lowest BCUT2D eigenvalue weighted by molar-refractivity contribution is -0.131. The Bertz CT molecular complexity index is 305. The van der Waals surface area contributed by atoms with E-state index in [1.807, 2.05) is 0 Å². The minimum absolute atomic E-state index is 0.299. The molecule has 4 heteroatoms. The van der Waals surface area contributed by atoms with Crippen LogP contribution in [0.4, 0.5) is 0 Å². The first-order valence-electron chi connectivity index (χ1n) is 8.87. The summed E-state index contributed by atoms with van der Waals surface area (Å²) in [5, 5.41) is 3.27. The Morgan fingerprint density at radius 3 is 2.19 bits per heavy atom. The Kier molecular flexibility index (Phi) is 6.97. The second-order valence-corrected chi connectivity index (χ2v) is 6.89. The molecule has 0 bridgehead atoms. The van der Waals surface area contributed by atoms with Gasteiger partial charge in [-0.25, -0.2) is 0 Å². The molecule has 2 heterocycles. The first-order chi connectivity index (χ1) is 10.2. The van der Waals surface area contributed by atoms with Gasteiger partial charge in [-0.1, -0.05) is 13.3 Å². The fraction of sp³-hybridized carbons (Fsp3) is 0.941. The van der Waals surface area contributed by atoms with E-state index < -0.39 is 0 Å². The number of amides is 1. The van der Waals surface area contributed by atoms with Crippen LogP contribution in [-0.4, -0.2) is 62.0 Å². The molecule has 4 nitrogen and oxygen atoms in total. The highest BCUT2D eigenvalue weighted by atomic mass is 16.2. The van der Waals surface area contributed by atoms with Gasteiger partial charge in [0, 0.05) is 13.1 Å². The Morgan fingerprint density at radius 1 is 1.05 bits per heavy atom. The van der Waals surface area contributed by atoms with E-state index in [0.717, 1.165) is 37.9 Å². The van der Waals surface area contributed by atoms with Gasteiger partial charge in [0.1, 0.15) is 0 Å². The second kappa shape index (κ2) is 8.74. The number of hydrogen-bond acceptors (Lipinski definition) is 3. The number of nitrogens with one attached hydrogen (secondary N) is 1. The number of nitrogens with zero attached hydrogens (tertiary/aromatic N) is 2. The molecule has 1 amide bonds. The summed E-state index contributed by atoms with van der Waals surface area (Å²) >= 11 is 0. The van der Waals surface area contributed by atoms with Crippen LogP contribution in [0.1, 0.15) is 45.4 Å². The number of piperidine rings is 2. The van der Waals surface area contributed by atoms with E-state index in [0.29, 0.717) is 12.5 Å². The average molecular weight is 295 g/mol. The van der Waals surface area contributed by atoms with Crippen LogP contribution >= 0.6 is 0 Å². The summed E-state index contributed by atoms with van der Waals surface area (Å²) in [6.07, 6.45) is 7.49. The van der Waals surface area contributed by atoms with E-state index in [4.69, 9.17) is 0 Å². The van der Waals surface area contributed by atoms with E-state index in [9.17, 15) is 4.79 Å². The molecule has 0 saturated carbocycles. The van der Waals surface area contributed by atoms with Gasteiger partial charge in [0.25, 0.3) is 0 Å². The minimum atomic E-state index is 0.299. The van der Waals surface area contributed by atoms with E-state index in [1.54, 1.807) is 0 Å². The van der Waals surface area contributed by atoms with Gasteiger partial charge in [-0.3, -0.25) is 4.79 Å². The third-order valence-corrected chi connectivity index (χ3v) is 5.31. The van der Waals surface area contributed by atoms with Crippen molar-refractivity contribution in [1.29, 1.82) is 0 Å². The zero-order valence-electron chi connectivity index (χ0n) is 13.9. The summed E-state index contributed by atoms with van der Waals surface area (Å²) in [5.74, 6) is 2.06. The van der Waals surface area contributed by atoms with Gasteiger partial charge in [-0.15, -0.1) is 0 Å². The van der Waals surface area contributed by atoms with Crippen molar-refractivity contribution in [2.75, 3.05) is 46.3 Å². The summed E-state index contributed by atoms with van der Waals surface area (Å²) in [6.45, 7) is 8.14. The number of hydrogen-bond donors (Lipinski definition) is 1. The first-order valence-corrected chi connectivity index (χ1v) is 8.87. The molecule has 2 saturated heterocycles. The molecule has 0 spiro atoms. The molecule has 0 radical (unpaired) electrons. The van der Waals surface area contributed by atoms with Gasteiger partial charge < -0.3 is 15.1 Å². The molecular weight excluding hydrogens is 262 g/mol. The molecule has 2 aliphatic rings. The second-order valence-electron chi connectivity index (χ2n) is 6.89. The number of unbranched alkanes of at least 4 members (excludes halogenated alkanes) is 1. The summed E-state index contributed by atoms with van der Waals surface area (Å²) in [5.41, 5.74) is 0. The van der Waals surface area contributed by atoms with Gasteiger partial charge in [-0.05, 0) is 70.6 Å². The third kappa shape index (κ3) is 5.26. The predicted octanol–water partition coefficient (Wildman–Crippen LogP) is 1.96. The Hall–Kier alpha value is -0.610. The van der Waals surface area contributed by atoms with Crippen molar-refractivity contribution in [3.8, 4) is 0 Å². The molecule has 0 aromatic carbocycles. The van der Waals surface area contributed by atoms with Crippen molar-refractivity contribution in [3.63, 3.8) is 0 Å². The van der Waals surface area contributed by atoms with Crippen LogP contribution in [-0.2, 0) is 4.79 Å². The van der Waals surface area contributed by atoms with Gasteiger partial charge in [0.15, 0.2) is 0 Å². The number of likely N-dealkylation sites (tertiary alicyclic amines) is 2. The van der Waals surface area contributed by atoms with Crippen LogP contribution in [0.2, 0.25) is 0 Å². The molecule has 21 heavy (non-hydrogen) atoms. The van der Waals surface area contributed by atoms with E-state index in [1.165, 1.54) is 45.2 Å². The first kappa shape index (κ1) is 16.8. The van der Waals surface area contributed by atoms with Crippen LogP contribution in [0.5, 0.6) is 0 Å². The summed E-state index contributed by atoms with van der Waals surface area (Å²) in [7, 11) is 2.23. The highest BCUT2D eigenvalue weighted by Crippen LogP contribution is 2.32. The maximum absolute atomic E-state index is 12.1. The summed E-state index contributed by atoms with van der Waals surface area (Å²) < 4.78 is 0. The molecule has 0 aromatic heterocycles. The van der Waals surface area contributed by atoms with Crippen molar-refractivity contribution in [1.82, 2.24) is 15.1 Å². The highest BCUT2D eigenvalue weighted by Gasteiger charge is 2.29. The lowest BCUT2D eigenvalue weighted by Crippen LogP contribution is -2.45. The maximum atomic E-state index is 12.1. The monoisotopic (exact) mass is 295 g/mol. The molecule has 1 N–H and O–H groups in total. The minimum Gasteiger partial charge on any atom is -0.342 e. The van der Waals surface area contributed by atoms with Gasteiger partial charge >= 0.3 is 0 Å². The third-order valence-electron chi connectivity index (χ3n) is 5.31. The number of carbonyl (C=O) groups is 1. The highest BCUT2D eigenvalue weighted by molar-refractivity contribution is 5.78. The SMILES string of the molecule is CCCCNCC(=O)N1CCC(C2CCN(C)CC2)CC1. The van der Waals surface area contributed by atoms with Crippen LogP contribution < -0.4 is 5.32 Å². The number of rotatable bonds is 6. The largest absolute Gasteiger partial charge is 0.342 e. The van der Waals surface area contributed by atoms with Crippen molar-refractivity contribution in [3.05, 3.63) is 0 Å². The average Bonchev–Trinajstić information content (AvgIpc) is 2.52. The van der Waals surface area contributed by atoms with Crippen molar-refractivity contribution < 1.29 is 4.79 Å². The summed E-state index contributed by atoms with van der Waals surface area (Å²) in [4.78, 5) is 16.7. The van der Waals surface area contributed by atoms with Gasteiger partial charge in [0.05, 0.1) is 6.54 Å². The molecular formula is C17H33N3O. The molecule has 122 valence electrons. The van der Waals surface area contributed by atoms with Crippen molar-refractivity contribution in [2.45, 2.75) is 45.4 Å². The Morgan fingerprint density at radius 2 is 1.62 bits per heavy atom. The van der Waals surface area contributed by atoms with Crippen molar-refractivity contribution in [2.24, 2.45) is 11.8 Å². The standard InChI is InChI=1S/C17H33N3O/c1-3-4-9-18-14-17(21)20-12-7-16(8-13-20)15-5-10-19(2)11-6-15/h15-16,18H,3-14H2,1-2H3.